The number of likely N-dealkylation sites (tertiary alicyclic amines) is 1. The number of aromatic amines is 1. The van der Waals surface area contributed by atoms with Crippen LogP contribution in [0.15, 0.2) is 16.2 Å². The molecule has 2 atom stereocenters. The van der Waals surface area contributed by atoms with Gasteiger partial charge in [0.05, 0.1) is 12.1 Å². The van der Waals surface area contributed by atoms with Crippen LogP contribution in [0.2, 0.25) is 0 Å². The fourth-order valence-corrected chi connectivity index (χ4v) is 3.59. The lowest BCUT2D eigenvalue weighted by Crippen LogP contribution is -2.43. The molecule has 0 radical (unpaired) electrons. The first kappa shape index (κ1) is 13.7. The largest absolute Gasteiger partial charge is 0.330 e. The van der Waals surface area contributed by atoms with Gasteiger partial charge < -0.3 is 10.7 Å². The summed E-state index contributed by atoms with van der Waals surface area (Å²) < 4.78 is 0.709. The molecule has 0 saturated carbocycles. The summed E-state index contributed by atoms with van der Waals surface area (Å²) in [5.74, 6) is 1.31. The second-order valence-electron chi connectivity index (χ2n) is 5.61. The Bertz CT molecular complexity index is 650. The van der Waals surface area contributed by atoms with Crippen LogP contribution in [0, 0.1) is 5.92 Å². The molecule has 2 unspecified atom stereocenters. The number of nitrogens with two attached hydrogens (primary N) is 1. The predicted molar refractivity (Wildman–Crippen MR) is 81.9 cm³/mol. The first-order chi connectivity index (χ1) is 9.67. The summed E-state index contributed by atoms with van der Waals surface area (Å²) in [6.07, 6.45) is 2.36. The van der Waals surface area contributed by atoms with E-state index in [1.54, 1.807) is 0 Å². The average Bonchev–Trinajstić information content (AvgIpc) is 2.90. The van der Waals surface area contributed by atoms with Gasteiger partial charge in [0.1, 0.15) is 10.5 Å². The number of aromatic nitrogens is 2. The Balaban J connectivity index is 1.82. The van der Waals surface area contributed by atoms with E-state index < -0.39 is 0 Å². The van der Waals surface area contributed by atoms with Crippen molar-refractivity contribution in [1.29, 1.82) is 0 Å². The van der Waals surface area contributed by atoms with Gasteiger partial charge in [-0.3, -0.25) is 9.69 Å². The summed E-state index contributed by atoms with van der Waals surface area (Å²) in [5, 5.41) is 1.91. The summed E-state index contributed by atoms with van der Waals surface area (Å²) in [4.78, 5) is 21.8. The Morgan fingerprint density at radius 1 is 1.55 bits per heavy atom. The molecule has 5 nitrogen and oxygen atoms in total. The first-order valence-corrected chi connectivity index (χ1v) is 7.96. The smallest absolute Gasteiger partial charge is 0.268 e. The van der Waals surface area contributed by atoms with Crippen LogP contribution in [0.1, 0.15) is 25.6 Å². The van der Waals surface area contributed by atoms with E-state index in [1.807, 2.05) is 11.4 Å². The van der Waals surface area contributed by atoms with Crippen LogP contribution >= 0.6 is 11.3 Å². The quantitative estimate of drug-likeness (QED) is 0.900. The van der Waals surface area contributed by atoms with Gasteiger partial charge in [-0.1, -0.05) is 0 Å². The lowest BCUT2D eigenvalue weighted by molar-refractivity contribution is 0.110. The predicted octanol–water partition coefficient (Wildman–Crippen LogP) is 1.54. The molecular formula is C14H20N4OS. The van der Waals surface area contributed by atoms with Gasteiger partial charge >= 0.3 is 0 Å². The number of rotatable bonds is 3. The molecule has 3 N–H and O–H groups in total. The molecule has 1 aliphatic rings. The van der Waals surface area contributed by atoms with Crippen molar-refractivity contribution in [3.63, 3.8) is 0 Å². The third-order valence-electron chi connectivity index (χ3n) is 4.16. The minimum atomic E-state index is -0.0277. The van der Waals surface area contributed by atoms with Crippen LogP contribution in [0.5, 0.6) is 0 Å². The van der Waals surface area contributed by atoms with E-state index in [1.165, 1.54) is 17.8 Å². The molecular weight excluding hydrogens is 272 g/mol. The third-order valence-corrected chi connectivity index (χ3v) is 5.06. The van der Waals surface area contributed by atoms with E-state index >= 15 is 0 Å². The van der Waals surface area contributed by atoms with E-state index in [2.05, 4.69) is 21.8 Å². The third kappa shape index (κ3) is 2.63. The minimum Gasteiger partial charge on any atom is -0.330 e. The molecule has 0 spiro atoms. The summed E-state index contributed by atoms with van der Waals surface area (Å²) in [5.41, 5.74) is 6.56. The second kappa shape index (κ2) is 5.63. The number of hydrogen-bond acceptors (Lipinski definition) is 5. The number of fused-ring (bicyclic) bond motifs is 1. The number of nitrogens with zero attached hydrogens (tertiary/aromatic N) is 2. The monoisotopic (exact) mass is 292 g/mol. The summed E-state index contributed by atoms with van der Waals surface area (Å²) in [6, 6.07) is 2.42. The Hall–Kier alpha value is -1.24. The molecule has 0 bridgehead atoms. The number of nitrogens with one attached hydrogen (secondary N) is 1. The highest BCUT2D eigenvalue weighted by Gasteiger charge is 2.25. The van der Waals surface area contributed by atoms with Gasteiger partial charge in [0.2, 0.25) is 0 Å². The van der Waals surface area contributed by atoms with E-state index in [9.17, 15) is 4.79 Å². The van der Waals surface area contributed by atoms with Crippen molar-refractivity contribution in [3.8, 4) is 0 Å². The van der Waals surface area contributed by atoms with Gasteiger partial charge in [0, 0.05) is 12.6 Å². The molecule has 0 aromatic carbocycles. The zero-order valence-electron chi connectivity index (χ0n) is 11.6. The fourth-order valence-electron chi connectivity index (χ4n) is 2.86. The molecule has 20 heavy (non-hydrogen) atoms. The summed E-state index contributed by atoms with van der Waals surface area (Å²) in [7, 11) is 0. The van der Waals surface area contributed by atoms with Crippen molar-refractivity contribution in [1.82, 2.24) is 14.9 Å². The summed E-state index contributed by atoms with van der Waals surface area (Å²) >= 11 is 1.44. The van der Waals surface area contributed by atoms with Crippen LogP contribution in [-0.2, 0) is 6.54 Å². The van der Waals surface area contributed by atoms with Crippen molar-refractivity contribution in [2.75, 3.05) is 13.1 Å². The van der Waals surface area contributed by atoms with Gasteiger partial charge in [-0.25, -0.2) is 4.98 Å². The average molecular weight is 292 g/mol. The van der Waals surface area contributed by atoms with Crippen LogP contribution in [0.25, 0.3) is 10.2 Å². The first-order valence-electron chi connectivity index (χ1n) is 7.08. The molecule has 108 valence electrons. The standard InChI is InChI=1S/C14H20N4OS/c1-9-2-3-10(6-15)7-18(9)8-12-16-11-4-5-20-13(11)14(19)17-12/h4-5,9-10H,2-3,6-8,15H2,1H3,(H,16,17,19). The number of H-pyrrole nitrogens is 1. The van der Waals surface area contributed by atoms with Crippen molar-refractivity contribution >= 4 is 21.6 Å². The van der Waals surface area contributed by atoms with E-state index in [-0.39, 0.29) is 5.56 Å². The SMILES string of the molecule is CC1CCC(CN)CN1Cc1nc2ccsc2c(=O)[nH]1. The lowest BCUT2D eigenvalue weighted by Gasteiger charge is -2.37. The zero-order chi connectivity index (χ0) is 14.1. The summed E-state index contributed by atoms with van der Waals surface area (Å²) in [6.45, 7) is 4.65. The van der Waals surface area contributed by atoms with Gasteiger partial charge in [-0.05, 0) is 43.7 Å². The molecule has 3 heterocycles. The molecule has 1 saturated heterocycles. The molecule has 1 aliphatic heterocycles. The van der Waals surface area contributed by atoms with Crippen LogP contribution in [0.4, 0.5) is 0 Å². The molecule has 2 aromatic heterocycles. The molecule has 1 fully saturated rings. The maximum absolute atomic E-state index is 12.0. The van der Waals surface area contributed by atoms with Gasteiger partial charge in [-0.15, -0.1) is 11.3 Å². The number of thiophene rings is 1. The Kier molecular flexibility index (Phi) is 3.87. The van der Waals surface area contributed by atoms with E-state index in [4.69, 9.17) is 5.73 Å². The maximum atomic E-state index is 12.0. The molecule has 3 rings (SSSR count). The van der Waals surface area contributed by atoms with E-state index in [0.717, 1.165) is 30.9 Å². The number of hydrogen-bond donors (Lipinski definition) is 2. The molecule has 0 amide bonds. The van der Waals surface area contributed by atoms with Crippen molar-refractivity contribution in [2.45, 2.75) is 32.4 Å². The highest BCUT2D eigenvalue weighted by atomic mass is 32.1. The van der Waals surface area contributed by atoms with Crippen LogP contribution in [-0.4, -0.2) is 34.0 Å². The number of piperidine rings is 1. The Morgan fingerprint density at radius 3 is 3.20 bits per heavy atom. The van der Waals surface area contributed by atoms with Crippen LogP contribution in [0.3, 0.4) is 0 Å². The normalized spacial score (nSPS) is 24.3. The minimum absolute atomic E-state index is 0.0277. The Labute approximate surface area is 121 Å². The van der Waals surface area contributed by atoms with Crippen LogP contribution < -0.4 is 11.3 Å². The highest BCUT2D eigenvalue weighted by molar-refractivity contribution is 7.17. The highest BCUT2D eigenvalue weighted by Crippen LogP contribution is 2.22. The van der Waals surface area contributed by atoms with Gasteiger partial charge in [0.25, 0.3) is 5.56 Å². The topological polar surface area (TPSA) is 75.0 Å². The fraction of sp³-hybridized carbons (Fsp3) is 0.571. The maximum Gasteiger partial charge on any atom is 0.268 e. The van der Waals surface area contributed by atoms with Crippen molar-refractivity contribution in [2.24, 2.45) is 11.7 Å². The zero-order valence-corrected chi connectivity index (χ0v) is 12.4. The molecule has 2 aromatic rings. The van der Waals surface area contributed by atoms with Crippen molar-refractivity contribution in [3.05, 3.63) is 27.6 Å². The van der Waals surface area contributed by atoms with Crippen molar-refractivity contribution < 1.29 is 0 Å². The molecule has 0 aliphatic carbocycles. The second-order valence-corrected chi connectivity index (χ2v) is 6.52. The lowest BCUT2D eigenvalue weighted by atomic mass is 9.93. The Morgan fingerprint density at radius 2 is 2.40 bits per heavy atom. The van der Waals surface area contributed by atoms with E-state index in [0.29, 0.717) is 23.2 Å². The molecule has 6 heteroatoms. The van der Waals surface area contributed by atoms with Gasteiger partial charge in [-0.2, -0.15) is 0 Å². The van der Waals surface area contributed by atoms with Gasteiger partial charge in [0.15, 0.2) is 0 Å².